The van der Waals surface area contributed by atoms with Crippen LogP contribution in [-0.4, -0.2) is 11.7 Å². The number of fused-ring (bicyclic) bond motifs is 1. The molecule has 0 amide bonds. The highest BCUT2D eigenvalue weighted by molar-refractivity contribution is 5.80. The zero-order valence-electron chi connectivity index (χ0n) is 11.6. The lowest BCUT2D eigenvalue weighted by Crippen LogP contribution is -2.11. The minimum atomic E-state index is -0.0100. The normalized spacial score (nSPS) is 10.9. The molecule has 2 aromatic carbocycles. The fourth-order valence-electron chi connectivity index (χ4n) is 2.49. The third kappa shape index (κ3) is 2.60. The first kappa shape index (κ1) is 13.6. The summed E-state index contributed by atoms with van der Waals surface area (Å²) < 4.78 is 5.98. The molecule has 0 saturated carbocycles. The molecular formula is C18H16O3. The minimum absolute atomic E-state index is 0.0100. The number of hydrogen-bond donors (Lipinski definition) is 1. The summed E-state index contributed by atoms with van der Waals surface area (Å²) in [5.74, 6) is 0.604. The van der Waals surface area contributed by atoms with E-state index in [2.05, 4.69) is 0 Å². The first-order chi connectivity index (χ1) is 10.3. The number of aliphatic hydroxyl groups excluding tert-OH is 1. The topological polar surface area (TPSA) is 50.4 Å². The van der Waals surface area contributed by atoms with E-state index in [0.29, 0.717) is 35.1 Å². The van der Waals surface area contributed by atoms with Crippen LogP contribution in [0.4, 0.5) is 0 Å². The number of hydrogen-bond acceptors (Lipinski definition) is 3. The number of aliphatic hydroxyl groups is 1. The molecular weight excluding hydrogens is 264 g/mol. The Kier molecular flexibility index (Phi) is 3.84. The molecule has 1 heterocycles. The van der Waals surface area contributed by atoms with Crippen molar-refractivity contribution in [2.75, 3.05) is 6.61 Å². The predicted molar refractivity (Wildman–Crippen MR) is 83.3 cm³/mol. The van der Waals surface area contributed by atoms with Crippen LogP contribution in [0.25, 0.3) is 22.3 Å². The van der Waals surface area contributed by atoms with Gasteiger partial charge < -0.3 is 9.52 Å². The van der Waals surface area contributed by atoms with Gasteiger partial charge in [-0.05, 0) is 25.0 Å². The van der Waals surface area contributed by atoms with Crippen molar-refractivity contribution in [1.29, 1.82) is 0 Å². The fourth-order valence-corrected chi connectivity index (χ4v) is 2.49. The fraction of sp³-hybridized carbons (Fsp3) is 0.167. The summed E-state index contributed by atoms with van der Waals surface area (Å²) in [4.78, 5) is 12.7. The Hall–Kier alpha value is -2.39. The lowest BCUT2D eigenvalue weighted by atomic mass is 10.0. The molecule has 0 fully saturated rings. The van der Waals surface area contributed by atoms with E-state index in [0.717, 1.165) is 5.56 Å². The molecule has 0 unspecified atom stereocenters. The highest BCUT2D eigenvalue weighted by Gasteiger charge is 2.15. The monoisotopic (exact) mass is 280 g/mol. The van der Waals surface area contributed by atoms with E-state index >= 15 is 0 Å². The molecule has 3 nitrogen and oxygen atoms in total. The zero-order valence-corrected chi connectivity index (χ0v) is 11.6. The van der Waals surface area contributed by atoms with Crippen molar-refractivity contribution in [3.05, 3.63) is 70.4 Å². The van der Waals surface area contributed by atoms with Crippen molar-refractivity contribution < 1.29 is 9.52 Å². The molecule has 0 atom stereocenters. The van der Waals surface area contributed by atoms with Crippen molar-refractivity contribution >= 4 is 11.0 Å². The lowest BCUT2D eigenvalue weighted by molar-refractivity contribution is 0.288. The third-order valence-corrected chi connectivity index (χ3v) is 3.51. The molecule has 0 spiro atoms. The summed E-state index contributed by atoms with van der Waals surface area (Å²) in [6.45, 7) is 0.0560. The van der Waals surface area contributed by atoms with Gasteiger partial charge in [-0.2, -0.15) is 0 Å². The molecule has 0 saturated heterocycles. The molecule has 21 heavy (non-hydrogen) atoms. The van der Waals surface area contributed by atoms with Crippen LogP contribution in [0.5, 0.6) is 0 Å². The number of rotatable bonds is 4. The van der Waals surface area contributed by atoms with E-state index in [1.165, 1.54) is 0 Å². The van der Waals surface area contributed by atoms with Crippen LogP contribution < -0.4 is 5.43 Å². The maximum absolute atomic E-state index is 12.7. The Morgan fingerprint density at radius 2 is 1.67 bits per heavy atom. The summed E-state index contributed by atoms with van der Waals surface area (Å²) >= 11 is 0. The Morgan fingerprint density at radius 3 is 2.43 bits per heavy atom. The molecule has 3 aromatic rings. The van der Waals surface area contributed by atoms with Crippen LogP contribution in [0, 0.1) is 0 Å². The van der Waals surface area contributed by atoms with Crippen LogP contribution in [-0.2, 0) is 6.42 Å². The molecule has 1 N–H and O–H groups in total. The van der Waals surface area contributed by atoms with Crippen molar-refractivity contribution in [3.63, 3.8) is 0 Å². The maximum Gasteiger partial charge on any atom is 0.196 e. The van der Waals surface area contributed by atoms with Crippen molar-refractivity contribution in [2.24, 2.45) is 0 Å². The molecule has 3 rings (SSSR count). The van der Waals surface area contributed by atoms with Gasteiger partial charge in [0.15, 0.2) is 5.43 Å². The Balaban J connectivity index is 2.28. The van der Waals surface area contributed by atoms with Crippen LogP contribution in [0.3, 0.4) is 0 Å². The van der Waals surface area contributed by atoms with Gasteiger partial charge in [-0.15, -0.1) is 0 Å². The summed E-state index contributed by atoms with van der Waals surface area (Å²) in [5.41, 5.74) is 2.10. The first-order valence-electron chi connectivity index (χ1n) is 7.02. The van der Waals surface area contributed by atoms with Crippen LogP contribution in [0.1, 0.15) is 12.0 Å². The lowest BCUT2D eigenvalue weighted by Gasteiger charge is -2.09. The van der Waals surface area contributed by atoms with Gasteiger partial charge in [0.1, 0.15) is 11.3 Å². The molecule has 0 aliphatic heterocycles. The molecule has 0 bridgehead atoms. The standard InChI is InChI=1S/C18H16O3/c19-12-6-10-15-17(20)14-9-4-5-11-16(14)21-18(15)13-7-2-1-3-8-13/h1-5,7-9,11,19H,6,10,12H2. The van der Waals surface area contributed by atoms with Gasteiger partial charge in [0, 0.05) is 17.7 Å². The molecule has 0 aliphatic carbocycles. The van der Waals surface area contributed by atoms with E-state index in [-0.39, 0.29) is 12.0 Å². The molecule has 1 aromatic heterocycles. The molecule has 0 radical (unpaired) electrons. The average Bonchev–Trinajstić information content (AvgIpc) is 2.55. The van der Waals surface area contributed by atoms with Crippen LogP contribution in [0.2, 0.25) is 0 Å². The van der Waals surface area contributed by atoms with Gasteiger partial charge in [0.2, 0.25) is 0 Å². The van der Waals surface area contributed by atoms with Gasteiger partial charge in [0.05, 0.1) is 5.39 Å². The highest BCUT2D eigenvalue weighted by atomic mass is 16.3. The number of para-hydroxylation sites is 1. The average molecular weight is 280 g/mol. The summed E-state index contributed by atoms with van der Waals surface area (Å²) in [5, 5.41) is 9.65. The third-order valence-electron chi connectivity index (χ3n) is 3.51. The predicted octanol–water partition coefficient (Wildman–Crippen LogP) is 3.38. The largest absolute Gasteiger partial charge is 0.456 e. The van der Waals surface area contributed by atoms with Crippen LogP contribution in [0.15, 0.2) is 63.8 Å². The second-order valence-electron chi connectivity index (χ2n) is 4.93. The van der Waals surface area contributed by atoms with Crippen molar-refractivity contribution in [3.8, 4) is 11.3 Å². The Labute approximate surface area is 122 Å². The first-order valence-corrected chi connectivity index (χ1v) is 7.02. The molecule has 0 aliphatic rings. The number of benzene rings is 2. The van der Waals surface area contributed by atoms with Gasteiger partial charge in [0.25, 0.3) is 0 Å². The molecule has 3 heteroatoms. The summed E-state index contributed by atoms with van der Waals surface area (Å²) in [7, 11) is 0. The second kappa shape index (κ2) is 5.94. The van der Waals surface area contributed by atoms with E-state index in [4.69, 9.17) is 9.52 Å². The zero-order chi connectivity index (χ0) is 14.7. The smallest absolute Gasteiger partial charge is 0.196 e. The Bertz CT molecular complexity index is 804. The minimum Gasteiger partial charge on any atom is -0.456 e. The van der Waals surface area contributed by atoms with E-state index in [9.17, 15) is 4.79 Å². The van der Waals surface area contributed by atoms with Crippen molar-refractivity contribution in [1.82, 2.24) is 0 Å². The molecule has 106 valence electrons. The highest BCUT2D eigenvalue weighted by Crippen LogP contribution is 2.26. The Morgan fingerprint density at radius 1 is 0.952 bits per heavy atom. The van der Waals surface area contributed by atoms with Gasteiger partial charge in [-0.1, -0.05) is 42.5 Å². The summed E-state index contributed by atoms with van der Waals surface area (Å²) in [6, 6.07) is 16.9. The summed E-state index contributed by atoms with van der Waals surface area (Å²) in [6.07, 6.45) is 1.05. The quantitative estimate of drug-likeness (QED) is 0.797. The van der Waals surface area contributed by atoms with Gasteiger partial charge in [-0.3, -0.25) is 4.79 Å². The van der Waals surface area contributed by atoms with E-state index < -0.39 is 0 Å². The SMILES string of the molecule is O=c1c(CCCO)c(-c2ccccc2)oc2ccccc12. The van der Waals surface area contributed by atoms with Crippen molar-refractivity contribution in [2.45, 2.75) is 12.8 Å². The van der Waals surface area contributed by atoms with E-state index in [1.807, 2.05) is 42.5 Å². The van der Waals surface area contributed by atoms with Gasteiger partial charge >= 0.3 is 0 Å². The second-order valence-corrected chi connectivity index (χ2v) is 4.93. The van der Waals surface area contributed by atoms with E-state index in [1.54, 1.807) is 12.1 Å². The van der Waals surface area contributed by atoms with Gasteiger partial charge in [-0.25, -0.2) is 0 Å². The maximum atomic E-state index is 12.7. The van der Waals surface area contributed by atoms with Crippen LogP contribution >= 0.6 is 0 Å².